The number of carboxylic acids is 1. The van der Waals surface area contributed by atoms with Gasteiger partial charge in [0.15, 0.2) is 9.84 Å². The fourth-order valence-corrected chi connectivity index (χ4v) is 4.89. The van der Waals surface area contributed by atoms with E-state index in [-0.39, 0.29) is 16.6 Å². The Kier molecular flexibility index (Phi) is 6.28. The Labute approximate surface area is 153 Å². The first kappa shape index (κ1) is 20.2. The van der Waals surface area contributed by atoms with Crippen molar-refractivity contribution in [3.05, 3.63) is 24.3 Å². The molecule has 0 radical (unpaired) electrons. The lowest BCUT2D eigenvalue weighted by atomic mass is 9.89. The molecule has 1 N–H and O–H groups in total. The van der Waals surface area contributed by atoms with Gasteiger partial charge in [0.25, 0.3) is 0 Å². The zero-order chi connectivity index (χ0) is 19.5. The summed E-state index contributed by atoms with van der Waals surface area (Å²) in [6.07, 6.45) is 1.13. The highest BCUT2D eigenvalue weighted by Crippen LogP contribution is 2.26. The van der Waals surface area contributed by atoms with Crippen LogP contribution in [0.3, 0.4) is 0 Å². The fraction of sp³-hybridized carbons (Fsp3) is 0.556. The summed E-state index contributed by atoms with van der Waals surface area (Å²) in [5, 5.41) is 9.28. The number of piperidine rings is 1. The minimum absolute atomic E-state index is 0.132. The van der Waals surface area contributed by atoms with Crippen LogP contribution >= 0.6 is 0 Å². The second-order valence-electron chi connectivity index (χ2n) is 6.72. The molecular formula is C18H25NO6S. The summed E-state index contributed by atoms with van der Waals surface area (Å²) >= 11 is 0. The number of nitrogens with zero attached hydrogens (tertiary/aromatic N) is 1. The molecule has 1 unspecified atom stereocenters. The number of carbonyl (C=O) groups excluding carboxylic acids is 1. The summed E-state index contributed by atoms with van der Waals surface area (Å²) in [5.74, 6) is -2.38. The van der Waals surface area contributed by atoms with Crippen LogP contribution in [0.4, 0.5) is 0 Å². The van der Waals surface area contributed by atoms with Crippen molar-refractivity contribution in [2.24, 2.45) is 11.8 Å². The number of sulfone groups is 1. The number of methoxy groups -OCH3 is 1. The van der Waals surface area contributed by atoms with E-state index in [9.17, 15) is 23.1 Å². The van der Waals surface area contributed by atoms with Crippen LogP contribution in [0.1, 0.15) is 26.7 Å². The van der Waals surface area contributed by atoms with Crippen molar-refractivity contribution >= 4 is 21.7 Å². The van der Waals surface area contributed by atoms with Crippen molar-refractivity contribution in [3.8, 4) is 5.75 Å². The Morgan fingerprint density at radius 3 is 2.46 bits per heavy atom. The predicted octanol–water partition coefficient (Wildman–Crippen LogP) is 1.82. The molecule has 1 aromatic rings. The van der Waals surface area contributed by atoms with E-state index in [0.717, 1.165) is 0 Å². The van der Waals surface area contributed by atoms with Gasteiger partial charge in [0.05, 0.1) is 23.7 Å². The van der Waals surface area contributed by atoms with Crippen molar-refractivity contribution in [3.63, 3.8) is 0 Å². The molecule has 1 heterocycles. The standard InChI is InChI=1S/C18H25NO6S/c1-12(11-26(23,24)15-8-6-14(25-3)7-9-15)17(20)19-10-4-5-16(13(19)2)18(21)22/h6-9,12-13,16H,4-5,10-11H2,1-3H3,(H,21,22)/t12?,13-,16-/m0/s1. The smallest absolute Gasteiger partial charge is 0.308 e. The molecule has 1 aliphatic rings. The van der Waals surface area contributed by atoms with Crippen molar-refractivity contribution < 1.29 is 27.9 Å². The van der Waals surface area contributed by atoms with Gasteiger partial charge in [-0.1, -0.05) is 6.92 Å². The number of likely N-dealkylation sites (tertiary alicyclic amines) is 1. The summed E-state index contributed by atoms with van der Waals surface area (Å²) < 4.78 is 30.2. The van der Waals surface area contributed by atoms with E-state index in [1.54, 1.807) is 26.0 Å². The fourth-order valence-electron chi connectivity index (χ4n) is 3.35. The van der Waals surface area contributed by atoms with Gasteiger partial charge in [0.1, 0.15) is 5.75 Å². The third kappa shape index (κ3) is 4.35. The lowest BCUT2D eigenvalue weighted by molar-refractivity contribution is -0.150. The second-order valence-corrected chi connectivity index (χ2v) is 8.75. The third-order valence-corrected chi connectivity index (χ3v) is 6.83. The first-order valence-corrected chi connectivity index (χ1v) is 10.2. The van der Waals surface area contributed by atoms with Crippen LogP contribution in [0.25, 0.3) is 0 Å². The molecule has 1 amide bonds. The second kappa shape index (κ2) is 8.07. The summed E-state index contributed by atoms with van der Waals surface area (Å²) in [5.41, 5.74) is 0. The molecule has 0 bridgehead atoms. The number of hydrogen-bond donors (Lipinski definition) is 1. The average Bonchev–Trinajstić information content (AvgIpc) is 2.60. The Balaban J connectivity index is 2.11. The topological polar surface area (TPSA) is 101 Å². The summed E-state index contributed by atoms with van der Waals surface area (Å²) in [6.45, 7) is 3.73. The molecule has 8 heteroatoms. The van der Waals surface area contributed by atoms with Gasteiger partial charge in [-0.15, -0.1) is 0 Å². The highest BCUT2D eigenvalue weighted by Gasteiger charge is 2.37. The molecular weight excluding hydrogens is 358 g/mol. The Bertz CT molecular complexity index is 758. The maximum Gasteiger partial charge on any atom is 0.308 e. The maximum absolute atomic E-state index is 12.7. The number of rotatable bonds is 6. The zero-order valence-corrected chi connectivity index (χ0v) is 16.0. The van der Waals surface area contributed by atoms with E-state index >= 15 is 0 Å². The number of benzene rings is 1. The first-order chi connectivity index (χ1) is 12.2. The lowest BCUT2D eigenvalue weighted by Gasteiger charge is -2.38. The molecule has 3 atom stereocenters. The number of hydrogen-bond acceptors (Lipinski definition) is 5. The minimum atomic E-state index is -3.63. The SMILES string of the molecule is COc1ccc(S(=O)(=O)CC(C)C(=O)N2CCC[C@H](C(=O)O)[C@@H]2C)cc1. The van der Waals surface area contributed by atoms with E-state index in [4.69, 9.17) is 4.74 Å². The molecule has 0 aromatic heterocycles. The molecule has 1 saturated heterocycles. The van der Waals surface area contributed by atoms with Gasteiger partial charge in [0, 0.05) is 18.5 Å². The molecule has 1 aromatic carbocycles. The molecule has 0 saturated carbocycles. The van der Waals surface area contributed by atoms with Crippen molar-refractivity contribution in [1.29, 1.82) is 0 Å². The molecule has 1 fully saturated rings. The Hall–Kier alpha value is -2.09. The Morgan fingerprint density at radius 2 is 1.92 bits per heavy atom. The molecule has 0 aliphatic carbocycles. The minimum Gasteiger partial charge on any atom is -0.497 e. The predicted molar refractivity (Wildman–Crippen MR) is 95.7 cm³/mol. The number of carbonyl (C=O) groups is 2. The van der Waals surface area contributed by atoms with Crippen LogP contribution in [0, 0.1) is 11.8 Å². The molecule has 0 spiro atoms. The largest absolute Gasteiger partial charge is 0.497 e. The van der Waals surface area contributed by atoms with Gasteiger partial charge in [-0.05, 0) is 44.0 Å². The quantitative estimate of drug-likeness (QED) is 0.804. The van der Waals surface area contributed by atoms with Crippen LogP contribution in [0.15, 0.2) is 29.2 Å². The highest BCUT2D eigenvalue weighted by molar-refractivity contribution is 7.91. The van der Waals surface area contributed by atoms with Crippen molar-refractivity contribution in [2.45, 2.75) is 37.6 Å². The van der Waals surface area contributed by atoms with Gasteiger partial charge in [-0.25, -0.2) is 8.42 Å². The van der Waals surface area contributed by atoms with Crippen LogP contribution in [0.5, 0.6) is 5.75 Å². The molecule has 2 rings (SSSR count). The van der Waals surface area contributed by atoms with Gasteiger partial charge in [0.2, 0.25) is 5.91 Å². The van der Waals surface area contributed by atoms with Crippen LogP contribution in [-0.4, -0.2) is 55.7 Å². The van der Waals surface area contributed by atoms with Gasteiger partial charge in [-0.3, -0.25) is 9.59 Å². The summed E-state index contributed by atoms with van der Waals surface area (Å²) in [7, 11) is -2.14. The number of carboxylic acid groups (broad SMARTS) is 1. The molecule has 1 aliphatic heterocycles. The molecule has 7 nitrogen and oxygen atoms in total. The van der Waals surface area contributed by atoms with Crippen LogP contribution in [0.2, 0.25) is 0 Å². The van der Waals surface area contributed by atoms with E-state index < -0.39 is 33.7 Å². The van der Waals surface area contributed by atoms with Crippen molar-refractivity contribution in [1.82, 2.24) is 4.90 Å². The van der Waals surface area contributed by atoms with E-state index in [1.165, 1.54) is 24.1 Å². The first-order valence-electron chi connectivity index (χ1n) is 8.57. The lowest BCUT2D eigenvalue weighted by Crippen LogP contribution is -2.51. The van der Waals surface area contributed by atoms with E-state index in [2.05, 4.69) is 0 Å². The monoisotopic (exact) mass is 383 g/mol. The van der Waals surface area contributed by atoms with E-state index in [0.29, 0.717) is 25.1 Å². The summed E-state index contributed by atoms with van der Waals surface area (Å²) in [6, 6.07) is 5.58. The van der Waals surface area contributed by atoms with E-state index in [1.807, 2.05) is 0 Å². The zero-order valence-electron chi connectivity index (χ0n) is 15.2. The molecule has 26 heavy (non-hydrogen) atoms. The Morgan fingerprint density at radius 1 is 1.31 bits per heavy atom. The highest BCUT2D eigenvalue weighted by atomic mass is 32.2. The number of amides is 1. The van der Waals surface area contributed by atoms with Gasteiger partial charge >= 0.3 is 5.97 Å². The number of aliphatic carboxylic acids is 1. The van der Waals surface area contributed by atoms with Crippen LogP contribution in [-0.2, 0) is 19.4 Å². The normalized spacial score (nSPS) is 21.9. The third-order valence-electron chi connectivity index (χ3n) is 4.90. The van der Waals surface area contributed by atoms with Gasteiger partial charge in [-0.2, -0.15) is 0 Å². The van der Waals surface area contributed by atoms with Gasteiger partial charge < -0.3 is 14.7 Å². The molecule has 144 valence electrons. The van der Waals surface area contributed by atoms with Crippen molar-refractivity contribution in [2.75, 3.05) is 19.4 Å². The van der Waals surface area contributed by atoms with Crippen LogP contribution < -0.4 is 4.74 Å². The average molecular weight is 383 g/mol. The summed E-state index contributed by atoms with van der Waals surface area (Å²) in [4.78, 5) is 25.7. The maximum atomic E-state index is 12.7. The number of ether oxygens (including phenoxy) is 1.